The fourth-order valence-electron chi connectivity index (χ4n) is 2.73. The summed E-state index contributed by atoms with van der Waals surface area (Å²) >= 11 is 0. The molecule has 0 radical (unpaired) electrons. The number of rotatable bonds is 1. The Morgan fingerprint density at radius 3 is 2.78 bits per heavy atom. The SMILES string of the molecule is C=C1c2[nH]c3ccccc3c2C(=O)[C@H](OC)[C@H]1C. The average molecular weight is 241 g/mol. The Morgan fingerprint density at radius 1 is 1.33 bits per heavy atom. The lowest BCUT2D eigenvalue weighted by atomic mass is 9.81. The van der Waals surface area contributed by atoms with Crippen LogP contribution in [-0.4, -0.2) is 24.0 Å². The molecule has 0 aliphatic heterocycles. The summed E-state index contributed by atoms with van der Waals surface area (Å²) in [5.41, 5.74) is 3.50. The van der Waals surface area contributed by atoms with Gasteiger partial charge < -0.3 is 9.72 Å². The predicted molar refractivity (Wildman–Crippen MR) is 71.6 cm³/mol. The van der Waals surface area contributed by atoms with Crippen LogP contribution in [0, 0.1) is 5.92 Å². The number of ether oxygens (including phenoxy) is 1. The zero-order valence-corrected chi connectivity index (χ0v) is 10.5. The highest BCUT2D eigenvalue weighted by molar-refractivity contribution is 6.16. The molecule has 92 valence electrons. The maximum atomic E-state index is 12.5. The molecule has 3 nitrogen and oxygen atoms in total. The number of Topliss-reactive ketones (excluding diaryl/α,β-unsaturated/α-hetero) is 1. The van der Waals surface area contributed by atoms with E-state index in [1.54, 1.807) is 7.11 Å². The van der Waals surface area contributed by atoms with Gasteiger partial charge in [-0.3, -0.25) is 4.79 Å². The topological polar surface area (TPSA) is 42.1 Å². The molecule has 1 aromatic heterocycles. The van der Waals surface area contributed by atoms with Crippen molar-refractivity contribution in [2.75, 3.05) is 7.11 Å². The van der Waals surface area contributed by atoms with Gasteiger partial charge in [0, 0.05) is 23.9 Å². The number of aromatic amines is 1. The molecular weight excluding hydrogens is 226 g/mol. The van der Waals surface area contributed by atoms with Crippen molar-refractivity contribution in [3.05, 3.63) is 42.1 Å². The second kappa shape index (κ2) is 3.82. The van der Waals surface area contributed by atoms with Crippen LogP contribution >= 0.6 is 0 Å². The number of fused-ring (bicyclic) bond motifs is 3. The molecule has 3 heteroatoms. The molecule has 0 unspecified atom stereocenters. The third-order valence-corrected chi connectivity index (χ3v) is 3.79. The Kier molecular flexibility index (Phi) is 2.38. The summed E-state index contributed by atoms with van der Waals surface area (Å²) in [4.78, 5) is 15.8. The molecule has 1 aliphatic carbocycles. The van der Waals surface area contributed by atoms with E-state index in [0.717, 1.165) is 27.7 Å². The lowest BCUT2D eigenvalue weighted by Crippen LogP contribution is -2.35. The lowest BCUT2D eigenvalue weighted by Gasteiger charge is -2.28. The van der Waals surface area contributed by atoms with Gasteiger partial charge in [0.1, 0.15) is 6.10 Å². The van der Waals surface area contributed by atoms with Crippen LogP contribution in [0.3, 0.4) is 0 Å². The van der Waals surface area contributed by atoms with Crippen LogP contribution in [0.2, 0.25) is 0 Å². The molecule has 3 rings (SSSR count). The van der Waals surface area contributed by atoms with E-state index in [0.29, 0.717) is 0 Å². The summed E-state index contributed by atoms with van der Waals surface area (Å²) < 4.78 is 5.34. The summed E-state index contributed by atoms with van der Waals surface area (Å²) in [6.07, 6.45) is -0.427. The minimum absolute atomic E-state index is 0.00284. The van der Waals surface area contributed by atoms with Crippen LogP contribution in [0.4, 0.5) is 0 Å². The number of methoxy groups -OCH3 is 1. The van der Waals surface area contributed by atoms with E-state index >= 15 is 0 Å². The van der Waals surface area contributed by atoms with Gasteiger partial charge in [-0.05, 0) is 11.6 Å². The zero-order valence-electron chi connectivity index (χ0n) is 10.5. The van der Waals surface area contributed by atoms with E-state index in [1.165, 1.54) is 0 Å². The smallest absolute Gasteiger partial charge is 0.194 e. The van der Waals surface area contributed by atoms with Crippen molar-refractivity contribution in [2.45, 2.75) is 13.0 Å². The number of carbonyl (C=O) groups excluding carboxylic acids is 1. The van der Waals surface area contributed by atoms with Crippen molar-refractivity contribution in [1.29, 1.82) is 0 Å². The van der Waals surface area contributed by atoms with Crippen molar-refractivity contribution in [2.24, 2.45) is 5.92 Å². The quantitative estimate of drug-likeness (QED) is 0.833. The molecule has 18 heavy (non-hydrogen) atoms. The van der Waals surface area contributed by atoms with Crippen LogP contribution in [0.15, 0.2) is 30.8 Å². The Labute approximate surface area is 105 Å². The van der Waals surface area contributed by atoms with E-state index in [-0.39, 0.29) is 11.7 Å². The number of aromatic nitrogens is 1. The highest BCUT2D eigenvalue weighted by atomic mass is 16.5. The summed E-state index contributed by atoms with van der Waals surface area (Å²) in [5.74, 6) is 0.0490. The second-order valence-corrected chi connectivity index (χ2v) is 4.76. The number of carbonyl (C=O) groups is 1. The molecule has 2 aromatic rings. The van der Waals surface area contributed by atoms with E-state index in [9.17, 15) is 4.79 Å². The molecule has 1 aliphatic rings. The molecular formula is C15H15NO2. The molecule has 1 N–H and O–H groups in total. The molecule has 0 saturated carbocycles. The lowest BCUT2D eigenvalue weighted by molar-refractivity contribution is 0.0498. The molecule has 0 spiro atoms. The van der Waals surface area contributed by atoms with Crippen LogP contribution in [0.5, 0.6) is 0 Å². The van der Waals surface area contributed by atoms with Gasteiger partial charge in [0.05, 0.1) is 11.3 Å². The Morgan fingerprint density at radius 2 is 2.06 bits per heavy atom. The van der Waals surface area contributed by atoms with Crippen molar-refractivity contribution in [1.82, 2.24) is 4.98 Å². The van der Waals surface area contributed by atoms with Crippen LogP contribution in [0.25, 0.3) is 16.5 Å². The van der Waals surface area contributed by atoms with Crippen LogP contribution in [-0.2, 0) is 4.74 Å². The minimum Gasteiger partial charge on any atom is -0.373 e. The van der Waals surface area contributed by atoms with Gasteiger partial charge in [0.2, 0.25) is 0 Å². The number of benzene rings is 1. The van der Waals surface area contributed by atoms with Crippen LogP contribution < -0.4 is 0 Å². The third kappa shape index (κ3) is 1.31. The first-order valence-electron chi connectivity index (χ1n) is 6.02. The molecule has 2 atom stereocenters. The predicted octanol–water partition coefficient (Wildman–Crippen LogP) is 3.03. The van der Waals surface area contributed by atoms with E-state index in [4.69, 9.17) is 4.74 Å². The first kappa shape index (κ1) is 11.2. The number of nitrogens with one attached hydrogen (secondary N) is 1. The average Bonchev–Trinajstić information content (AvgIpc) is 2.76. The Bertz CT molecular complexity index is 654. The van der Waals surface area contributed by atoms with Crippen molar-refractivity contribution in [3.63, 3.8) is 0 Å². The summed E-state index contributed by atoms with van der Waals surface area (Å²) in [5, 5.41) is 0.951. The van der Waals surface area contributed by atoms with Gasteiger partial charge in [0.25, 0.3) is 0 Å². The molecule has 1 aromatic carbocycles. The normalized spacial score (nSPS) is 23.4. The Hall–Kier alpha value is -1.87. The standard InChI is InChI=1S/C15H15NO2/c1-8-9(2)15(18-3)14(17)12-10-6-4-5-7-11(10)16-13(8)12/h4-7,9,15-16H,1H2,2-3H3/t9-,15+/m0/s1. The van der Waals surface area contributed by atoms with Gasteiger partial charge in [-0.2, -0.15) is 0 Å². The second-order valence-electron chi connectivity index (χ2n) is 4.76. The summed E-state index contributed by atoms with van der Waals surface area (Å²) in [7, 11) is 1.58. The van der Waals surface area contributed by atoms with Gasteiger partial charge in [0.15, 0.2) is 5.78 Å². The highest BCUT2D eigenvalue weighted by Crippen LogP contribution is 2.38. The number of hydrogen-bond acceptors (Lipinski definition) is 2. The highest BCUT2D eigenvalue weighted by Gasteiger charge is 2.37. The monoisotopic (exact) mass is 241 g/mol. The fraction of sp³-hybridized carbons (Fsp3) is 0.267. The molecule has 0 fully saturated rings. The number of para-hydroxylation sites is 1. The minimum atomic E-state index is -0.427. The first-order valence-corrected chi connectivity index (χ1v) is 6.02. The number of ketones is 1. The van der Waals surface area contributed by atoms with Gasteiger partial charge in [-0.15, -0.1) is 0 Å². The number of hydrogen-bond donors (Lipinski definition) is 1. The van der Waals surface area contributed by atoms with Crippen LogP contribution in [0.1, 0.15) is 23.0 Å². The van der Waals surface area contributed by atoms with E-state index < -0.39 is 6.10 Å². The maximum Gasteiger partial charge on any atom is 0.194 e. The molecule has 1 heterocycles. The van der Waals surface area contributed by atoms with E-state index in [1.807, 2.05) is 31.2 Å². The van der Waals surface area contributed by atoms with Crippen molar-refractivity contribution in [3.8, 4) is 0 Å². The van der Waals surface area contributed by atoms with E-state index in [2.05, 4.69) is 11.6 Å². The molecule has 0 saturated heterocycles. The first-order chi connectivity index (χ1) is 8.65. The largest absolute Gasteiger partial charge is 0.373 e. The Balaban J connectivity index is 2.32. The van der Waals surface area contributed by atoms with Gasteiger partial charge in [-0.1, -0.05) is 31.7 Å². The maximum absolute atomic E-state index is 12.5. The van der Waals surface area contributed by atoms with Gasteiger partial charge in [-0.25, -0.2) is 0 Å². The summed E-state index contributed by atoms with van der Waals surface area (Å²) in [6, 6.07) is 7.82. The van der Waals surface area contributed by atoms with Crippen molar-refractivity contribution < 1.29 is 9.53 Å². The van der Waals surface area contributed by atoms with Gasteiger partial charge >= 0.3 is 0 Å². The fourth-order valence-corrected chi connectivity index (χ4v) is 2.73. The zero-order chi connectivity index (χ0) is 12.9. The summed E-state index contributed by atoms with van der Waals surface area (Å²) in [6.45, 7) is 6.08. The molecule has 0 amide bonds. The third-order valence-electron chi connectivity index (χ3n) is 3.79. The van der Waals surface area contributed by atoms with Crippen molar-refractivity contribution >= 4 is 22.3 Å². The molecule has 0 bridgehead atoms. The number of H-pyrrole nitrogens is 1.